The van der Waals surface area contributed by atoms with Crippen molar-refractivity contribution in [3.8, 4) is 0 Å². The molecule has 0 unspecified atom stereocenters. The quantitative estimate of drug-likeness (QED) is 0.830. The minimum atomic E-state index is -0.0500. The molecule has 0 atom stereocenters. The van der Waals surface area contributed by atoms with Crippen LogP contribution in [0, 0.1) is 11.8 Å². The molecule has 1 N–H and O–H groups in total. The van der Waals surface area contributed by atoms with Crippen LogP contribution in [0.25, 0.3) is 0 Å². The van der Waals surface area contributed by atoms with E-state index in [0.717, 1.165) is 63.4 Å². The minimum Gasteiger partial charge on any atom is -0.456 e. The van der Waals surface area contributed by atoms with E-state index in [9.17, 15) is 9.59 Å². The Morgan fingerprint density at radius 3 is 2.33 bits per heavy atom. The summed E-state index contributed by atoms with van der Waals surface area (Å²) >= 11 is 0. The van der Waals surface area contributed by atoms with Gasteiger partial charge in [-0.3, -0.25) is 9.59 Å². The van der Waals surface area contributed by atoms with Crippen LogP contribution in [0.5, 0.6) is 0 Å². The Hall–Kier alpha value is -1.82. The molecular formula is C21H33N3O3. The first-order valence-electron chi connectivity index (χ1n) is 10.4. The van der Waals surface area contributed by atoms with E-state index in [1.165, 1.54) is 6.42 Å². The molecule has 2 fully saturated rings. The van der Waals surface area contributed by atoms with E-state index < -0.39 is 0 Å². The van der Waals surface area contributed by atoms with E-state index in [1.807, 2.05) is 24.9 Å². The summed E-state index contributed by atoms with van der Waals surface area (Å²) in [4.78, 5) is 29.3. The van der Waals surface area contributed by atoms with Crippen LogP contribution in [0.1, 0.15) is 55.3 Å². The van der Waals surface area contributed by atoms with Crippen molar-refractivity contribution < 1.29 is 14.0 Å². The number of carbonyl (C=O) groups is 2. The highest BCUT2D eigenvalue weighted by molar-refractivity contribution is 5.91. The molecular weight excluding hydrogens is 342 g/mol. The highest BCUT2D eigenvalue weighted by Gasteiger charge is 2.32. The third-order valence-corrected chi connectivity index (χ3v) is 6.08. The van der Waals surface area contributed by atoms with Crippen LogP contribution in [0.3, 0.4) is 0 Å². The van der Waals surface area contributed by atoms with E-state index in [4.69, 9.17) is 4.42 Å². The Morgan fingerprint density at radius 1 is 1.07 bits per heavy atom. The third kappa shape index (κ3) is 4.92. The van der Waals surface area contributed by atoms with Crippen molar-refractivity contribution in [3.05, 3.63) is 23.7 Å². The van der Waals surface area contributed by atoms with Crippen molar-refractivity contribution in [2.45, 2.75) is 45.4 Å². The van der Waals surface area contributed by atoms with Gasteiger partial charge in [0.2, 0.25) is 5.91 Å². The molecule has 2 aliphatic rings. The van der Waals surface area contributed by atoms with Crippen LogP contribution in [0.2, 0.25) is 0 Å². The molecule has 1 aromatic heterocycles. The number of piperidine rings is 2. The van der Waals surface area contributed by atoms with Crippen molar-refractivity contribution in [3.63, 3.8) is 0 Å². The molecule has 150 valence electrons. The number of carbonyl (C=O) groups excluding carboxylic acids is 2. The van der Waals surface area contributed by atoms with Crippen LogP contribution in [0.15, 0.2) is 16.5 Å². The number of nitrogens with zero attached hydrogens (tertiary/aromatic N) is 2. The molecule has 0 aromatic carbocycles. The summed E-state index contributed by atoms with van der Waals surface area (Å²) in [5.41, 5.74) is 0. The lowest BCUT2D eigenvalue weighted by Crippen LogP contribution is -2.46. The first-order chi connectivity index (χ1) is 13.1. The van der Waals surface area contributed by atoms with Crippen LogP contribution in [-0.2, 0) is 11.2 Å². The summed E-state index contributed by atoms with van der Waals surface area (Å²) < 4.78 is 5.58. The molecule has 0 spiro atoms. The number of likely N-dealkylation sites (tertiary alicyclic amines) is 2. The van der Waals surface area contributed by atoms with E-state index in [1.54, 1.807) is 6.07 Å². The number of nitrogens with one attached hydrogen (secondary N) is 1. The van der Waals surface area contributed by atoms with E-state index >= 15 is 0 Å². The molecule has 0 radical (unpaired) electrons. The van der Waals surface area contributed by atoms with Crippen molar-refractivity contribution >= 4 is 11.8 Å². The Bertz CT molecular complexity index is 626. The molecule has 2 aliphatic heterocycles. The van der Waals surface area contributed by atoms with Crippen LogP contribution >= 0.6 is 0 Å². The van der Waals surface area contributed by atoms with Crippen molar-refractivity contribution in [2.75, 3.05) is 39.8 Å². The molecule has 6 nitrogen and oxygen atoms in total. The second-order valence-corrected chi connectivity index (χ2v) is 7.85. The van der Waals surface area contributed by atoms with Crippen molar-refractivity contribution in [2.24, 2.45) is 11.8 Å². The Labute approximate surface area is 162 Å². The Kier molecular flexibility index (Phi) is 6.94. The van der Waals surface area contributed by atoms with Gasteiger partial charge in [0.1, 0.15) is 5.76 Å². The molecule has 2 saturated heterocycles. The van der Waals surface area contributed by atoms with Gasteiger partial charge < -0.3 is 19.5 Å². The summed E-state index contributed by atoms with van der Waals surface area (Å²) in [6.45, 7) is 6.11. The predicted octanol–water partition coefficient (Wildman–Crippen LogP) is 2.54. The van der Waals surface area contributed by atoms with Crippen LogP contribution in [-0.4, -0.2) is 61.4 Å². The molecule has 27 heavy (non-hydrogen) atoms. The van der Waals surface area contributed by atoms with Crippen molar-refractivity contribution in [1.29, 1.82) is 0 Å². The Morgan fingerprint density at radius 2 is 1.74 bits per heavy atom. The molecule has 3 heterocycles. The lowest BCUT2D eigenvalue weighted by Gasteiger charge is -2.37. The number of rotatable bonds is 6. The number of amides is 2. The van der Waals surface area contributed by atoms with E-state index in [2.05, 4.69) is 10.2 Å². The Balaban J connectivity index is 1.45. The topological polar surface area (TPSA) is 65.8 Å². The lowest BCUT2D eigenvalue weighted by atomic mass is 9.90. The normalized spacial score (nSPS) is 19.5. The molecule has 2 amide bonds. The zero-order chi connectivity index (χ0) is 19.2. The highest BCUT2D eigenvalue weighted by atomic mass is 16.4. The number of furan rings is 1. The van der Waals surface area contributed by atoms with Gasteiger partial charge >= 0.3 is 0 Å². The van der Waals surface area contributed by atoms with Gasteiger partial charge in [-0.15, -0.1) is 0 Å². The second-order valence-electron chi connectivity index (χ2n) is 7.85. The van der Waals surface area contributed by atoms with Crippen molar-refractivity contribution in [1.82, 2.24) is 15.1 Å². The third-order valence-electron chi connectivity index (χ3n) is 6.08. The number of hydrogen-bond donors (Lipinski definition) is 1. The smallest absolute Gasteiger partial charge is 0.289 e. The molecule has 0 saturated carbocycles. The number of hydrogen-bond acceptors (Lipinski definition) is 4. The predicted molar refractivity (Wildman–Crippen MR) is 105 cm³/mol. The van der Waals surface area contributed by atoms with Crippen LogP contribution < -0.4 is 5.32 Å². The van der Waals surface area contributed by atoms with Gasteiger partial charge in [-0.05, 0) is 63.7 Å². The SMILES string of the molecule is CCc1ccc(C(=O)N2CCC(C(=O)N3CCC(CCNC)CC3)CC2)o1. The molecule has 6 heteroatoms. The number of aryl methyl sites for hydroxylation is 1. The van der Waals surface area contributed by atoms with Gasteiger partial charge in [-0.25, -0.2) is 0 Å². The summed E-state index contributed by atoms with van der Waals surface area (Å²) in [6.07, 6.45) is 5.73. The van der Waals surface area contributed by atoms with E-state index in [0.29, 0.717) is 24.8 Å². The molecule has 3 rings (SSSR count). The highest BCUT2D eigenvalue weighted by Crippen LogP contribution is 2.26. The summed E-state index contributed by atoms with van der Waals surface area (Å²) in [5, 5.41) is 3.21. The summed E-state index contributed by atoms with van der Waals surface area (Å²) in [7, 11) is 1.99. The fourth-order valence-electron chi connectivity index (χ4n) is 4.22. The van der Waals surface area contributed by atoms with E-state index in [-0.39, 0.29) is 11.8 Å². The molecule has 0 aliphatic carbocycles. The fourth-order valence-corrected chi connectivity index (χ4v) is 4.22. The minimum absolute atomic E-state index is 0.0500. The van der Waals surface area contributed by atoms with Gasteiger partial charge in [0.05, 0.1) is 0 Å². The first kappa shape index (κ1) is 19.9. The fraction of sp³-hybridized carbons (Fsp3) is 0.714. The maximum atomic E-state index is 12.9. The largest absolute Gasteiger partial charge is 0.456 e. The van der Waals surface area contributed by atoms with Gasteiger partial charge in [0, 0.05) is 38.5 Å². The zero-order valence-corrected chi connectivity index (χ0v) is 16.7. The monoisotopic (exact) mass is 375 g/mol. The summed E-state index contributed by atoms with van der Waals surface area (Å²) in [6, 6.07) is 3.63. The molecule has 0 bridgehead atoms. The van der Waals surface area contributed by atoms with Gasteiger partial charge in [-0.1, -0.05) is 6.92 Å². The van der Waals surface area contributed by atoms with Gasteiger partial charge in [0.25, 0.3) is 5.91 Å². The maximum absolute atomic E-state index is 12.9. The van der Waals surface area contributed by atoms with Gasteiger partial charge in [0.15, 0.2) is 5.76 Å². The maximum Gasteiger partial charge on any atom is 0.289 e. The average Bonchev–Trinajstić information content (AvgIpc) is 3.21. The second kappa shape index (κ2) is 9.40. The molecule has 1 aromatic rings. The summed E-state index contributed by atoms with van der Waals surface area (Å²) in [5.74, 6) is 2.29. The standard InChI is InChI=1S/C21H33N3O3/c1-3-18-4-5-19(27-18)21(26)24-14-9-17(10-15-24)20(25)23-12-7-16(8-13-23)6-11-22-2/h4-5,16-17,22H,3,6-15H2,1-2H3. The first-order valence-corrected chi connectivity index (χ1v) is 10.4. The lowest BCUT2D eigenvalue weighted by molar-refractivity contribution is -0.138. The average molecular weight is 376 g/mol. The zero-order valence-electron chi connectivity index (χ0n) is 16.7. The van der Waals surface area contributed by atoms with Gasteiger partial charge in [-0.2, -0.15) is 0 Å². The van der Waals surface area contributed by atoms with Crippen LogP contribution in [0.4, 0.5) is 0 Å².